The fourth-order valence-electron chi connectivity index (χ4n) is 5.85. The predicted octanol–water partition coefficient (Wildman–Crippen LogP) is 4.16. The smallest absolute Gasteiger partial charge is 0.315 e. The second kappa shape index (κ2) is 7.58. The van der Waals surface area contributed by atoms with Crippen molar-refractivity contribution in [3.05, 3.63) is 54.0 Å². The Morgan fingerprint density at radius 1 is 0.931 bits per heavy atom. The van der Waals surface area contributed by atoms with Gasteiger partial charge < -0.3 is 20.4 Å². The summed E-state index contributed by atoms with van der Waals surface area (Å²) in [6.45, 7) is 0.464. The first-order valence-corrected chi connectivity index (χ1v) is 10.6. The zero-order valence-corrected chi connectivity index (χ0v) is 16.4. The van der Waals surface area contributed by atoms with Gasteiger partial charge in [-0.3, -0.25) is 4.79 Å². The van der Waals surface area contributed by atoms with Crippen LogP contribution in [0.25, 0.3) is 0 Å². The monoisotopic (exact) mass is 393 g/mol. The number of carbonyl (C=O) groups excluding carboxylic acids is 2. The third-order valence-corrected chi connectivity index (χ3v) is 6.93. The molecule has 6 nitrogen and oxygen atoms in total. The highest BCUT2D eigenvalue weighted by atomic mass is 16.3. The summed E-state index contributed by atoms with van der Waals surface area (Å²) in [6, 6.07) is 11.0. The summed E-state index contributed by atoms with van der Waals surface area (Å²) in [5.41, 5.74) is 1.68. The van der Waals surface area contributed by atoms with E-state index in [0.29, 0.717) is 30.1 Å². The first-order valence-electron chi connectivity index (χ1n) is 10.6. The second-order valence-electron chi connectivity index (χ2n) is 8.91. The van der Waals surface area contributed by atoms with E-state index in [9.17, 15) is 9.59 Å². The predicted molar refractivity (Wildman–Crippen MR) is 109 cm³/mol. The van der Waals surface area contributed by atoms with Crippen molar-refractivity contribution in [2.45, 2.75) is 44.7 Å². The summed E-state index contributed by atoms with van der Waals surface area (Å²) in [5, 5.41) is 9.04. The van der Waals surface area contributed by atoms with Crippen LogP contribution in [0.5, 0.6) is 0 Å². The van der Waals surface area contributed by atoms with Gasteiger partial charge in [0.1, 0.15) is 0 Å². The number of carbonyl (C=O) groups is 2. The first kappa shape index (κ1) is 18.3. The number of amides is 3. The lowest BCUT2D eigenvalue weighted by Gasteiger charge is -2.54. The molecule has 0 spiro atoms. The summed E-state index contributed by atoms with van der Waals surface area (Å²) >= 11 is 0. The molecule has 6 heteroatoms. The lowest BCUT2D eigenvalue weighted by Crippen LogP contribution is -2.57. The second-order valence-corrected chi connectivity index (χ2v) is 8.91. The molecule has 0 unspecified atom stereocenters. The van der Waals surface area contributed by atoms with Gasteiger partial charge >= 0.3 is 6.03 Å². The zero-order valence-electron chi connectivity index (χ0n) is 16.4. The van der Waals surface area contributed by atoms with Crippen LogP contribution in [0.1, 0.15) is 48.2 Å². The van der Waals surface area contributed by atoms with Crippen LogP contribution in [0.3, 0.4) is 0 Å². The van der Waals surface area contributed by atoms with E-state index in [1.807, 2.05) is 24.3 Å². The summed E-state index contributed by atoms with van der Waals surface area (Å²) in [6.07, 6.45) is 8.07. The lowest BCUT2D eigenvalue weighted by atomic mass is 9.54. The third kappa shape index (κ3) is 3.88. The SMILES string of the molecule is O=C(NCc1ccc(NC(=O)c2ccco2)cc1)NC1C2CC3CC(C2)CC1C3. The molecule has 6 rings (SSSR count). The highest BCUT2D eigenvalue weighted by Gasteiger charge is 2.48. The molecule has 4 fully saturated rings. The van der Waals surface area contributed by atoms with Crippen molar-refractivity contribution in [3.8, 4) is 0 Å². The average Bonchev–Trinajstić information content (AvgIpc) is 3.25. The highest BCUT2D eigenvalue weighted by Crippen LogP contribution is 2.53. The van der Waals surface area contributed by atoms with Crippen LogP contribution < -0.4 is 16.0 Å². The van der Waals surface area contributed by atoms with Gasteiger partial charge in [0.2, 0.25) is 0 Å². The van der Waals surface area contributed by atoms with E-state index in [1.54, 1.807) is 12.1 Å². The van der Waals surface area contributed by atoms with Crippen LogP contribution in [0.4, 0.5) is 10.5 Å². The van der Waals surface area contributed by atoms with Gasteiger partial charge in [0.05, 0.1) is 6.26 Å². The lowest BCUT2D eigenvalue weighted by molar-refractivity contribution is -0.00942. The van der Waals surface area contributed by atoms with Gasteiger partial charge in [-0.1, -0.05) is 12.1 Å². The van der Waals surface area contributed by atoms with Gasteiger partial charge in [-0.05, 0) is 85.6 Å². The Bertz CT molecular complexity index is 847. The van der Waals surface area contributed by atoms with E-state index in [2.05, 4.69) is 16.0 Å². The number of anilines is 1. The number of hydrogen-bond acceptors (Lipinski definition) is 3. The Hall–Kier alpha value is -2.76. The Kier molecular flexibility index (Phi) is 4.78. The van der Waals surface area contributed by atoms with Crippen LogP contribution >= 0.6 is 0 Å². The van der Waals surface area contributed by atoms with Crippen LogP contribution in [0, 0.1) is 23.7 Å². The molecule has 4 aliphatic carbocycles. The minimum absolute atomic E-state index is 0.0716. The van der Waals surface area contributed by atoms with Gasteiger partial charge in [0.15, 0.2) is 5.76 Å². The molecule has 0 atom stereocenters. The minimum Gasteiger partial charge on any atom is -0.459 e. The maximum absolute atomic E-state index is 12.5. The van der Waals surface area contributed by atoms with Crippen molar-refractivity contribution in [3.63, 3.8) is 0 Å². The number of furan rings is 1. The molecule has 29 heavy (non-hydrogen) atoms. The van der Waals surface area contributed by atoms with E-state index in [0.717, 1.165) is 17.4 Å². The number of hydrogen-bond donors (Lipinski definition) is 3. The molecule has 0 radical (unpaired) electrons. The van der Waals surface area contributed by atoms with Crippen LogP contribution in [0.2, 0.25) is 0 Å². The third-order valence-electron chi connectivity index (χ3n) is 6.93. The van der Waals surface area contributed by atoms with Gasteiger partial charge in [-0.25, -0.2) is 4.79 Å². The maximum atomic E-state index is 12.5. The van der Waals surface area contributed by atoms with Crippen molar-refractivity contribution < 1.29 is 14.0 Å². The minimum atomic E-state index is -0.282. The molecule has 3 amide bonds. The molecule has 1 aromatic heterocycles. The zero-order chi connectivity index (χ0) is 19.8. The Morgan fingerprint density at radius 2 is 1.62 bits per heavy atom. The van der Waals surface area contributed by atoms with Crippen molar-refractivity contribution >= 4 is 17.6 Å². The summed E-state index contributed by atoms with van der Waals surface area (Å²) in [7, 11) is 0. The van der Waals surface area contributed by atoms with Gasteiger partial charge in [0, 0.05) is 18.3 Å². The van der Waals surface area contributed by atoms with E-state index >= 15 is 0 Å². The van der Waals surface area contributed by atoms with Crippen molar-refractivity contribution in [1.29, 1.82) is 0 Å². The molecule has 152 valence electrons. The summed E-state index contributed by atoms with van der Waals surface area (Å²) in [4.78, 5) is 24.5. The quantitative estimate of drug-likeness (QED) is 0.713. The molecule has 4 saturated carbocycles. The molecular formula is C23H27N3O3. The van der Waals surface area contributed by atoms with E-state index in [-0.39, 0.29) is 17.7 Å². The van der Waals surface area contributed by atoms with Crippen molar-refractivity contribution in [2.75, 3.05) is 5.32 Å². The maximum Gasteiger partial charge on any atom is 0.315 e. The number of benzene rings is 1. The van der Waals surface area contributed by atoms with E-state index in [4.69, 9.17) is 4.42 Å². The van der Waals surface area contributed by atoms with Gasteiger partial charge in [-0.15, -0.1) is 0 Å². The first-order chi connectivity index (χ1) is 14.1. The fourth-order valence-corrected chi connectivity index (χ4v) is 5.85. The van der Waals surface area contributed by atoms with Crippen molar-refractivity contribution in [2.24, 2.45) is 23.7 Å². The number of urea groups is 1. The van der Waals surface area contributed by atoms with Gasteiger partial charge in [-0.2, -0.15) is 0 Å². The topological polar surface area (TPSA) is 83.4 Å². The molecule has 3 N–H and O–H groups in total. The Balaban J connectivity index is 1.11. The molecule has 0 aliphatic heterocycles. The summed E-state index contributed by atoms with van der Waals surface area (Å²) in [5.74, 6) is 3.16. The number of rotatable bonds is 5. The fraction of sp³-hybridized carbons (Fsp3) is 0.478. The molecule has 1 heterocycles. The molecule has 1 aromatic carbocycles. The Labute approximate surface area is 170 Å². The van der Waals surface area contributed by atoms with Gasteiger partial charge in [0.25, 0.3) is 5.91 Å². The molecule has 4 bridgehead atoms. The van der Waals surface area contributed by atoms with Crippen molar-refractivity contribution in [1.82, 2.24) is 10.6 Å². The van der Waals surface area contributed by atoms with Crippen LogP contribution in [-0.2, 0) is 6.54 Å². The number of nitrogens with one attached hydrogen (secondary N) is 3. The van der Waals surface area contributed by atoms with E-state index < -0.39 is 0 Å². The van der Waals surface area contributed by atoms with Crippen LogP contribution in [0.15, 0.2) is 47.1 Å². The summed E-state index contributed by atoms with van der Waals surface area (Å²) < 4.78 is 5.09. The highest BCUT2D eigenvalue weighted by molar-refractivity contribution is 6.02. The Morgan fingerprint density at radius 3 is 2.24 bits per heavy atom. The molecular weight excluding hydrogens is 366 g/mol. The molecule has 2 aromatic rings. The normalized spacial score (nSPS) is 29.4. The average molecular weight is 393 g/mol. The van der Waals surface area contributed by atoms with Crippen LogP contribution in [-0.4, -0.2) is 18.0 Å². The largest absolute Gasteiger partial charge is 0.459 e. The molecule has 0 saturated heterocycles. The molecule has 4 aliphatic rings. The van der Waals surface area contributed by atoms with E-state index in [1.165, 1.54) is 38.4 Å². The standard InChI is InChI=1S/C23H27N3O3/c27-22(20-2-1-7-29-20)25-19-5-3-14(4-6-19)13-24-23(28)26-21-17-9-15-8-16(11-17)12-18(21)10-15/h1-7,15-18,21H,8-13H2,(H,25,27)(H2,24,26,28).